The van der Waals surface area contributed by atoms with Crippen molar-refractivity contribution in [1.29, 1.82) is 0 Å². The van der Waals surface area contributed by atoms with Gasteiger partial charge in [0.2, 0.25) is 0 Å². The van der Waals surface area contributed by atoms with E-state index in [4.69, 9.17) is 0 Å². The molecule has 0 rings (SSSR count). The van der Waals surface area contributed by atoms with Crippen molar-refractivity contribution >= 4 is 10.2 Å². The van der Waals surface area contributed by atoms with Crippen LogP contribution in [-0.2, 0) is 0 Å². The molecule has 0 aliphatic rings. The molecular formula is C27H58Si. The van der Waals surface area contributed by atoms with Crippen LogP contribution in [0.15, 0.2) is 12.7 Å². The highest BCUT2D eigenvalue weighted by Gasteiger charge is 2.18. The van der Waals surface area contributed by atoms with Gasteiger partial charge in [0, 0.05) is 10.2 Å². The van der Waals surface area contributed by atoms with Crippen molar-refractivity contribution in [2.24, 2.45) is 5.92 Å². The molecule has 0 bridgehead atoms. The molecule has 0 aromatic heterocycles. The zero-order valence-corrected chi connectivity index (χ0v) is 23.1. The molecule has 0 spiro atoms. The predicted molar refractivity (Wildman–Crippen MR) is 138 cm³/mol. The quantitative estimate of drug-likeness (QED) is 0.113. The summed E-state index contributed by atoms with van der Waals surface area (Å²) in [6.45, 7) is 15.5. The third-order valence-corrected chi connectivity index (χ3v) is 7.22. The summed E-state index contributed by atoms with van der Waals surface area (Å²) in [5.41, 5.74) is 0. The number of hydrogen-bond donors (Lipinski definition) is 0. The molecular weight excluding hydrogens is 352 g/mol. The first-order valence-electron chi connectivity index (χ1n) is 13.0. The Morgan fingerprint density at radius 1 is 0.679 bits per heavy atom. The lowest BCUT2D eigenvalue weighted by Gasteiger charge is -2.26. The van der Waals surface area contributed by atoms with Gasteiger partial charge in [-0.3, -0.25) is 0 Å². The SMILES string of the molecule is C=CCCCCCCCCCCCCCCCC.CCCCC(C)C(C)(C)[SiH3]. The van der Waals surface area contributed by atoms with Crippen LogP contribution < -0.4 is 0 Å². The van der Waals surface area contributed by atoms with E-state index in [2.05, 4.69) is 41.2 Å². The van der Waals surface area contributed by atoms with Crippen LogP contribution >= 0.6 is 0 Å². The van der Waals surface area contributed by atoms with E-state index in [0.29, 0.717) is 5.04 Å². The van der Waals surface area contributed by atoms with Crippen LogP contribution in [0.3, 0.4) is 0 Å². The van der Waals surface area contributed by atoms with Crippen molar-refractivity contribution in [2.45, 2.75) is 155 Å². The molecule has 0 aromatic carbocycles. The molecule has 0 aliphatic carbocycles. The lowest BCUT2D eigenvalue weighted by molar-refractivity contribution is 0.399. The van der Waals surface area contributed by atoms with Crippen molar-refractivity contribution < 1.29 is 0 Å². The number of allylic oxidation sites excluding steroid dienone is 1. The Kier molecular flexibility index (Phi) is 25.0. The molecule has 0 radical (unpaired) electrons. The molecule has 1 atom stereocenters. The summed E-state index contributed by atoms with van der Waals surface area (Å²) in [5, 5.41) is 0.648. The van der Waals surface area contributed by atoms with Crippen molar-refractivity contribution in [3.8, 4) is 0 Å². The fourth-order valence-electron chi connectivity index (χ4n) is 3.43. The molecule has 0 aliphatic heterocycles. The van der Waals surface area contributed by atoms with E-state index in [0.717, 1.165) is 5.92 Å². The Bertz CT molecular complexity index is 289. The summed E-state index contributed by atoms with van der Waals surface area (Å²) in [6, 6.07) is 0. The monoisotopic (exact) mass is 410 g/mol. The summed E-state index contributed by atoms with van der Waals surface area (Å²) in [6.07, 6.45) is 27.6. The van der Waals surface area contributed by atoms with Gasteiger partial charge in [0.15, 0.2) is 0 Å². The van der Waals surface area contributed by atoms with E-state index in [-0.39, 0.29) is 0 Å². The third-order valence-electron chi connectivity index (χ3n) is 6.23. The van der Waals surface area contributed by atoms with Crippen LogP contribution in [0, 0.1) is 5.92 Å². The molecule has 0 saturated carbocycles. The minimum absolute atomic E-state index is 0.648. The summed E-state index contributed by atoms with van der Waals surface area (Å²) < 4.78 is 0. The van der Waals surface area contributed by atoms with E-state index in [1.807, 2.05) is 6.08 Å². The topological polar surface area (TPSA) is 0 Å². The van der Waals surface area contributed by atoms with Crippen molar-refractivity contribution in [1.82, 2.24) is 0 Å². The largest absolute Gasteiger partial charge is 0.103 e. The van der Waals surface area contributed by atoms with Gasteiger partial charge in [-0.2, -0.15) is 0 Å². The standard InChI is InChI=1S/C18H36.C9H22Si/c1-3-5-7-9-11-13-15-17-18-16-14-12-10-8-6-4-2;1-5-6-7-8(2)9(3,4)10/h3H,1,4-18H2,2H3;8H,5-7H2,1-4,10H3. The van der Waals surface area contributed by atoms with Crippen molar-refractivity contribution in [3.05, 3.63) is 12.7 Å². The van der Waals surface area contributed by atoms with Crippen LogP contribution in [0.5, 0.6) is 0 Å². The van der Waals surface area contributed by atoms with E-state index in [9.17, 15) is 0 Å². The van der Waals surface area contributed by atoms with Crippen LogP contribution in [0.25, 0.3) is 0 Å². The Morgan fingerprint density at radius 3 is 1.36 bits per heavy atom. The Morgan fingerprint density at radius 2 is 1.04 bits per heavy atom. The van der Waals surface area contributed by atoms with Gasteiger partial charge < -0.3 is 0 Å². The lowest BCUT2D eigenvalue weighted by Crippen LogP contribution is -2.13. The average Bonchev–Trinajstić information content (AvgIpc) is 2.66. The molecule has 0 nitrogen and oxygen atoms in total. The molecule has 28 heavy (non-hydrogen) atoms. The number of rotatable bonds is 19. The first-order valence-corrected chi connectivity index (χ1v) is 14.0. The fraction of sp³-hybridized carbons (Fsp3) is 0.926. The summed E-state index contributed by atoms with van der Waals surface area (Å²) in [4.78, 5) is 0. The molecule has 0 saturated heterocycles. The zero-order valence-electron chi connectivity index (χ0n) is 21.1. The Labute approximate surface area is 184 Å². The number of hydrogen-bond acceptors (Lipinski definition) is 0. The van der Waals surface area contributed by atoms with E-state index in [1.54, 1.807) is 0 Å². The molecule has 1 unspecified atom stereocenters. The normalized spacial score (nSPS) is 12.5. The average molecular weight is 411 g/mol. The fourth-order valence-corrected chi connectivity index (χ4v) is 3.72. The Hall–Kier alpha value is -0.0431. The minimum Gasteiger partial charge on any atom is -0.103 e. The highest BCUT2D eigenvalue weighted by atomic mass is 28.1. The first-order chi connectivity index (χ1) is 13.4. The summed E-state index contributed by atoms with van der Waals surface area (Å²) in [7, 11) is 1.33. The minimum atomic E-state index is 0.648. The summed E-state index contributed by atoms with van der Waals surface area (Å²) >= 11 is 0. The van der Waals surface area contributed by atoms with Gasteiger partial charge in [0.05, 0.1) is 0 Å². The highest BCUT2D eigenvalue weighted by Crippen LogP contribution is 2.33. The highest BCUT2D eigenvalue weighted by molar-refractivity contribution is 6.14. The molecule has 0 fully saturated rings. The van der Waals surface area contributed by atoms with Crippen LogP contribution in [0.1, 0.15) is 150 Å². The van der Waals surface area contributed by atoms with Crippen LogP contribution in [0.2, 0.25) is 5.04 Å². The second-order valence-electron chi connectivity index (χ2n) is 10.1. The molecule has 0 N–H and O–H groups in total. The van der Waals surface area contributed by atoms with Crippen LogP contribution in [0.4, 0.5) is 0 Å². The molecule has 0 amide bonds. The molecule has 0 aromatic rings. The summed E-state index contributed by atoms with van der Waals surface area (Å²) in [5.74, 6) is 0.930. The van der Waals surface area contributed by atoms with Crippen LogP contribution in [-0.4, -0.2) is 10.2 Å². The van der Waals surface area contributed by atoms with Gasteiger partial charge in [0.25, 0.3) is 0 Å². The second-order valence-corrected chi connectivity index (χ2v) is 12.7. The number of unbranched alkanes of at least 4 members (excludes halogenated alkanes) is 15. The Balaban J connectivity index is 0. The maximum Gasteiger partial charge on any atom is 0.0103 e. The molecule has 0 heterocycles. The van der Waals surface area contributed by atoms with Gasteiger partial charge in [-0.05, 0) is 23.8 Å². The third kappa shape index (κ3) is 26.0. The molecule has 170 valence electrons. The molecule has 1 heteroatoms. The van der Waals surface area contributed by atoms with E-state index in [1.165, 1.54) is 126 Å². The maximum absolute atomic E-state index is 3.76. The smallest absolute Gasteiger partial charge is 0.0103 e. The first kappa shape index (κ1) is 30.2. The van der Waals surface area contributed by atoms with Gasteiger partial charge in [-0.25, -0.2) is 0 Å². The van der Waals surface area contributed by atoms with Crippen molar-refractivity contribution in [2.75, 3.05) is 0 Å². The zero-order chi connectivity index (χ0) is 21.5. The van der Waals surface area contributed by atoms with E-state index >= 15 is 0 Å². The van der Waals surface area contributed by atoms with E-state index < -0.39 is 0 Å². The van der Waals surface area contributed by atoms with Gasteiger partial charge in [0.1, 0.15) is 0 Å². The van der Waals surface area contributed by atoms with Gasteiger partial charge >= 0.3 is 0 Å². The maximum atomic E-state index is 3.76. The van der Waals surface area contributed by atoms with Gasteiger partial charge in [-0.15, -0.1) is 6.58 Å². The van der Waals surface area contributed by atoms with Gasteiger partial charge in [-0.1, -0.05) is 143 Å². The lowest BCUT2D eigenvalue weighted by atomic mass is 9.91. The second kappa shape index (κ2) is 23.2. The van der Waals surface area contributed by atoms with Crippen molar-refractivity contribution in [3.63, 3.8) is 0 Å². The predicted octanol–water partition coefficient (Wildman–Crippen LogP) is 9.42.